The van der Waals surface area contributed by atoms with Crippen molar-refractivity contribution in [1.82, 2.24) is 4.90 Å². The van der Waals surface area contributed by atoms with Gasteiger partial charge in [-0.25, -0.2) is 0 Å². The maximum atomic E-state index is 11.6. The molecule has 0 saturated heterocycles. The number of halogens is 2. The van der Waals surface area contributed by atoms with Crippen LogP contribution in [0.25, 0.3) is 0 Å². The lowest BCUT2D eigenvalue weighted by Crippen LogP contribution is -2.27. The smallest absolute Gasteiger partial charge is 0.222 e. The fourth-order valence-electron chi connectivity index (χ4n) is 1.92. The number of carbonyl (C=O) groups is 1. The lowest BCUT2D eigenvalue weighted by Gasteiger charge is -2.23. The highest BCUT2D eigenvalue weighted by Crippen LogP contribution is 2.16. The van der Waals surface area contributed by atoms with Crippen LogP contribution in [0.4, 0.5) is 5.69 Å². The highest BCUT2D eigenvalue weighted by atomic mass is 35.5. The highest BCUT2D eigenvalue weighted by Gasteiger charge is 2.07. The average molecular weight is 317 g/mol. The summed E-state index contributed by atoms with van der Waals surface area (Å²) in [6, 6.07) is 8.25. The van der Waals surface area contributed by atoms with Crippen LogP contribution < -0.4 is 4.90 Å². The van der Waals surface area contributed by atoms with Gasteiger partial charge in [-0.15, -0.1) is 23.2 Å². The van der Waals surface area contributed by atoms with Crippen molar-refractivity contribution in [3.8, 4) is 0 Å². The van der Waals surface area contributed by atoms with Crippen molar-refractivity contribution in [3.63, 3.8) is 0 Å². The zero-order chi connectivity index (χ0) is 15.0. The van der Waals surface area contributed by atoms with Gasteiger partial charge in [0.2, 0.25) is 5.91 Å². The van der Waals surface area contributed by atoms with Crippen LogP contribution in [0, 0.1) is 0 Å². The zero-order valence-corrected chi connectivity index (χ0v) is 13.6. The summed E-state index contributed by atoms with van der Waals surface area (Å²) in [4.78, 5) is 15.3. The van der Waals surface area contributed by atoms with E-state index in [-0.39, 0.29) is 5.91 Å². The Hall–Kier alpha value is -0.930. The molecule has 1 aromatic rings. The van der Waals surface area contributed by atoms with Gasteiger partial charge in [0.25, 0.3) is 0 Å². The maximum absolute atomic E-state index is 11.6. The molecular weight excluding hydrogens is 295 g/mol. The molecule has 0 aliphatic heterocycles. The van der Waals surface area contributed by atoms with Crippen LogP contribution in [-0.4, -0.2) is 49.8 Å². The fourth-order valence-corrected chi connectivity index (χ4v) is 2.33. The van der Waals surface area contributed by atoms with E-state index in [0.29, 0.717) is 18.2 Å². The van der Waals surface area contributed by atoms with Crippen LogP contribution in [0.1, 0.15) is 12.0 Å². The molecule has 1 aromatic carbocycles. The minimum Gasteiger partial charge on any atom is -0.369 e. The second-order valence-corrected chi connectivity index (χ2v) is 5.58. The predicted molar refractivity (Wildman–Crippen MR) is 87.1 cm³/mol. The molecule has 0 saturated carbocycles. The topological polar surface area (TPSA) is 23.6 Å². The second kappa shape index (κ2) is 9.09. The Morgan fingerprint density at radius 2 is 1.60 bits per heavy atom. The van der Waals surface area contributed by atoms with Crippen LogP contribution in [0.2, 0.25) is 0 Å². The first-order valence-electron chi connectivity index (χ1n) is 6.74. The van der Waals surface area contributed by atoms with Gasteiger partial charge in [-0.2, -0.15) is 0 Å². The van der Waals surface area contributed by atoms with Crippen molar-refractivity contribution in [2.75, 3.05) is 43.8 Å². The van der Waals surface area contributed by atoms with Crippen LogP contribution >= 0.6 is 23.2 Å². The van der Waals surface area contributed by atoms with Crippen molar-refractivity contribution in [1.29, 1.82) is 0 Å². The maximum Gasteiger partial charge on any atom is 0.222 e. The summed E-state index contributed by atoms with van der Waals surface area (Å²) in [5.41, 5.74) is 2.29. The van der Waals surface area contributed by atoms with Crippen LogP contribution in [0.5, 0.6) is 0 Å². The third kappa shape index (κ3) is 5.59. The number of carbonyl (C=O) groups excluding carboxylic acids is 1. The lowest BCUT2D eigenvalue weighted by molar-refractivity contribution is -0.128. The summed E-state index contributed by atoms with van der Waals surface area (Å²) in [6.45, 7) is 1.57. The van der Waals surface area contributed by atoms with E-state index in [4.69, 9.17) is 23.2 Å². The van der Waals surface area contributed by atoms with Crippen LogP contribution in [0.3, 0.4) is 0 Å². The number of alkyl halides is 2. The Morgan fingerprint density at radius 3 is 2.05 bits per heavy atom. The van der Waals surface area contributed by atoms with E-state index in [9.17, 15) is 4.79 Å². The third-order valence-electron chi connectivity index (χ3n) is 3.14. The van der Waals surface area contributed by atoms with Gasteiger partial charge in [0.05, 0.1) is 0 Å². The van der Waals surface area contributed by atoms with E-state index in [1.54, 1.807) is 19.0 Å². The van der Waals surface area contributed by atoms with Gasteiger partial charge >= 0.3 is 0 Å². The van der Waals surface area contributed by atoms with E-state index < -0.39 is 0 Å². The number of hydrogen-bond donors (Lipinski definition) is 0. The molecule has 0 aromatic heterocycles. The molecule has 1 rings (SSSR count). The molecular formula is C15H22Cl2N2O. The molecule has 0 aliphatic carbocycles. The monoisotopic (exact) mass is 316 g/mol. The molecule has 1 amide bonds. The Labute approximate surface area is 131 Å². The highest BCUT2D eigenvalue weighted by molar-refractivity contribution is 6.18. The number of rotatable bonds is 8. The molecule has 0 spiro atoms. The number of aryl methyl sites for hydroxylation is 1. The summed E-state index contributed by atoms with van der Waals surface area (Å²) in [6.07, 6.45) is 1.31. The average Bonchev–Trinajstić information content (AvgIpc) is 2.45. The summed E-state index contributed by atoms with van der Waals surface area (Å²) in [5.74, 6) is 1.31. The quantitative estimate of drug-likeness (QED) is 0.688. The summed E-state index contributed by atoms with van der Waals surface area (Å²) in [7, 11) is 3.56. The summed E-state index contributed by atoms with van der Waals surface area (Å²) < 4.78 is 0. The number of anilines is 1. The number of benzene rings is 1. The van der Waals surface area contributed by atoms with Crippen molar-refractivity contribution >= 4 is 34.8 Å². The van der Waals surface area contributed by atoms with Gasteiger partial charge in [0, 0.05) is 51.1 Å². The SMILES string of the molecule is CN(C)C(=O)CCc1ccc(N(CCCl)CCCl)cc1. The van der Waals surface area contributed by atoms with E-state index in [1.807, 2.05) is 0 Å². The first-order chi connectivity index (χ1) is 9.58. The standard InChI is InChI=1S/C15H22Cl2N2O/c1-18(2)15(20)8-5-13-3-6-14(7-4-13)19(11-9-16)12-10-17/h3-4,6-7H,5,8-12H2,1-2H3. The first kappa shape index (κ1) is 17.1. The normalized spacial score (nSPS) is 10.4. The third-order valence-corrected chi connectivity index (χ3v) is 3.47. The Balaban J connectivity index is 2.60. The van der Waals surface area contributed by atoms with Crippen molar-refractivity contribution in [2.45, 2.75) is 12.8 Å². The van der Waals surface area contributed by atoms with E-state index >= 15 is 0 Å². The van der Waals surface area contributed by atoms with Crippen LogP contribution in [0.15, 0.2) is 24.3 Å². The molecule has 0 unspecified atom stereocenters. The second-order valence-electron chi connectivity index (χ2n) is 4.82. The molecule has 0 heterocycles. The van der Waals surface area contributed by atoms with Gasteiger partial charge in [-0.1, -0.05) is 12.1 Å². The Morgan fingerprint density at radius 1 is 1.05 bits per heavy atom. The Bertz CT molecular complexity index is 401. The summed E-state index contributed by atoms with van der Waals surface area (Å²) in [5, 5.41) is 0. The van der Waals surface area contributed by atoms with Crippen molar-refractivity contribution in [2.24, 2.45) is 0 Å². The molecule has 0 radical (unpaired) electrons. The minimum atomic E-state index is 0.153. The predicted octanol–water partition coefficient (Wildman–Crippen LogP) is 2.99. The van der Waals surface area contributed by atoms with Gasteiger partial charge < -0.3 is 9.80 Å². The van der Waals surface area contributed by atoms with Gasteiger partial charge in [-0.05, 0) is 24.1 Å². The molecule has 112 valence electrons. The first-order valence-corrected chi connectivity index (χ1v) is 7.81. The van der Waals surface area contributed by atoms with Crippen molar-refractivity contribution in [3.05, 3.63) is 29.8 Å². The zero-order valence-electron chi connectivity index (χ0n) is 12.1. The lowest BCUT2D eigenvalue weighted by atomic mass is 10.1. The number of amides is 1. The largest absolute Gasteiger partial charge is 0.369 e. The van der Waals surface area contributed by atoms with Crippen molar-refractivity contribution < 1.29 is 4.79 Å². The summed E-state index contributed by atoms with van der Waals surface area (Å²) >= 11 is 11.6. The fraction of sp³-hybridized carbons (Fsp3) is 0.533. The van der Waals surface area contributed by atoms with E-state index in [1.165, 1.54) is 5.56 Å². The molecule has 0 atom stereocenters. The molecule has 5 heteroatoms. The molecule has 3 nitrogen and oxygen atoms in total. The molecule has 20 heavy (non-hydrogen) atoms. The Kier molecular flexibility index (Phi) is 7.78. The van der Waals surface area contributed by atoms with Gasteiger partial charge in [0.1, 0.15) is 0 Å². The molecule has 0 fully saturated rings. The minimum absolute atomic E-state index is 0.153. The molecule has 0 aliphatic rings. The number of nitrogens with zero attached hydrogens (tertiary/aromatic N) is 2. The molecule has 0 bridgehead atoms. The number of hydrogen-bond acceptors (Lipinski definition) is 2. The van der Waals surface area contributed by atoms with Gasteiger partial charge in [-0.3, -0.25) is 4.79 Å². The molecule has 0 N–H and O–H groups in total. The van der Waals surface area contributed by atoms with E-state index in [0.717, 1.165) is 25.2 Å². The van der Waals surface area contributed by atoms with Crippen LogP contribution in [-0.2, 0) is 11.2 Å². The van der Waals surface area contributed by atoms with E-state index in [2.05, 4.69) is 29.2 Å². The van der Waals surface area contributed by atoms with Gasteiger partial charge in [0.15, 0.2) is 0 Å².